The standard InChI is InChI=1S/C53H101O4P/c1-9-11-13-15-17-19-21-23-25-27-29-31-33-35-37-39-43-56-58(55,45-41-42-48-46-49(52(3,4)5)51(54)50(47-48)53(6,7)8)57-44-40-38-36-34-32-30-28-26-24-22-20-18-16-14-12-10-2/h46-47,54H,9-45H2,1-8H3. The SMILES string of the molecule is CCCCCCCCCCCCCCCCCCOP(=O)(CCCc1cc(C(C)(C)C)c(O)c(C(C)(C)C)c1)OCCCCCCCCCCCCCCCCCC. The van der Waals surface area contributed by atoms with E-state index in [0.717, 1.165) is 49.7 Å². The Kier molecular flexibility index (Phi) is 33.0. The van der Waals surface area contributed by atoms with E-state index >= 15 is 0 Å². The van der Waals surface area contributed by atoms with Gasteiger partial charge < -0.3 is 14.2 Å². The number of hydrogen-bond donors (Lipinski definition) is 1. The Bertz CT molecular complexity index is 1060. The molecule has 0 saturated carbocycles. The van der Waals surface area contributed by atoms with Crippen molar-refractivity contribution >= 4 is 7.60 Å². The molecule has 0 aliphatic rings. The van der Waals surface area contributed by atoms with E-state index in [0.29, 0.717) is 25.1 Å². The molecule has 0 aliphatic carbocycles. The second-order valence-electron chi connectivity index (χ2n) is 20.3. The van der Waals surface area contributed by atoms with Crippen molar-refractivity contribution < 1.29 is 18.7 Å². The highest BCUT2D eigenvalue weighted by atomic mass is 31.2. The molecule has 1 aromatic carbocycles. The molecule has 0 saturated heterocycles. The van der Waals surface area contributed by atoms with E-state index < -0.39 is 7.60 Å². The minimum Gasteiger partial charge on any atom is -0.507 e. The van der Waals surface area contributed by atoms with Crippen LogP contribution in [0.5, 0.6) is 5.75 Å². The van der Waals surface area contributed by atoms with Gasteiger partial charge in [-0.25, -0.2) is 0 Å². The maximum Gasteiger partial charge on any atom is 0.330 e. The fraction of sp³-hybridized carbons (Fsp3) is 0.887. The maximum absolute atomic E-state index is 14.1. The zero-order valence-electron chi connectivity index (χ0n) is 40.4. The largest absolute Gasteiger partial charge is 0.507 e. The van der Waals surface area contributed by atoms with Crippen molar-refractivity contribution in [3.63, 3.8) is 0 Å². The number of aromatic hydroxyl groups is 1. The van der Waals surface area contributed by atoms with Crippen molar-refractivity contribution in [1.82, 2.24) is 0 Å². The first-order chi connectivity index (χ1) is 27.8. The second kappa shape index (κ2) is 34.7. The van der Waals surface area contributed by atoms with E-state index in [2.05, 4.69) is 67.5 Å². The van der Waals surface area contributed by atoms with Crippen LogP contribution in [0, 0.1) is 0 Å². The molecule has 0 unspecified atom stereocenters. The van der Waals surface area contributed by atoms with Crippen molar-refractivity contribution in [2.75, 3.05) is 19.4 Å². The summed E-state index contributed by atoms with van der Waals surface area (Å²) in [5.74, 6) is 0.415. The van der Waals surface area contributed by atoms with Gasteiger partial charge in [0, 0.05) is 0 Å². The van der Waals surface area contributed by atoms with E-state index in [-0.39, 0.29) is 10.8 Å². The van der Waals surface area contributed by atoms with Crippen LogP contribution >= 0.6 is 7.60 Å². The molecule has 4 nitrogen and oxygen atoms in total. The number of phenolic OH excluding ortho intramolecular Hbond substituents is 1. The van der Waals surface area contributed by atoms with Crippen LogP contribution in [-0.4, -0.2) is 24.5 Å². The zero-order chi connectivity index (χ0) is 42.8. The fourth-order valence-electron chi connectivity index (χ4n) is 8.33. The molecule has 0 atom stereocenters. The summed E-state index contributed by atoms with van der Waals surface area (Å²) in [6.45, 7) is 18.6. The molecule has 0 aromatic heterocycles. The Balaban J connectivity index is 2.45. The average Bonchev–Trinajstić information content (AvgIpc) is 3.17. The maximum atomic E-state index is 14.1. The van der Waals surface area contributed by atoms with Crippen molar-refractivity contribution in [1.29, 1.82) is 0 Å². The molecule has 0 fully saturated rings. The second-order valence-corrected chi connectivity index (χ2v) is 22.4. The van der Waals surface area contributed by atoms with Crippen LogP contribution in [0.15, 0.2) is 12.1 Å². The predicted molar refractivity (Wildman–Crippen MR) is 257 cm³/mol. The number of unbranched alkanes of at least 4 members (excludes halogenated alkanes) is 30. The molecule has 1 aromatic rings. The number of rotatable bonds is 40. The monoisotopic (exact) mass is 833 g/mol. The van der Waals surface area contributed by atoms with Crippen LogP contribution in [0.4, 0.5) is 0 Å². The van der Waals surface area contributed by atoms with Gasteiger partial charge in [-0.2, -0.15) is 0 Å². The molecular formula is C53H101O4P. The summed E-state index contributed by atoms with van der Waals surface area (Å²) in [5.41, 5.74) is 2.83. The van der Waals surface area contributed by atoms with E-state index in [1.54, 1.807) is 0 Å². The first-order valence-corrected chi connectivity index (χ1v) is 27.3. The molecule has 342 valence electrons. The molecule has 5 heteroatoms. The highest BCUT2D eigenvalue weighted by Crippen LogP contribution is 2.49. The molecule has 0 radical (unpaired) electrons. The number of phenols is 1. The molecule has 58 heavy (non-hydrogen) atoms. The summed E-state index contributed by atoms with van der Waals surface area (Å²) < 4.78 is 26.5. The van der Waals surface area contributed by atoms with Crippen LogP contribution in [0.2, 0.25) is 0 Å². The lowest BCUT2D eigenvalue weighted by Gasteiger charge is -2.28. The van der Waals surface area contributed by atoms with Gasteiger partial charge in [-0.15, -0.1) is 0 Å². The Hall–Kier alpha value is -0.830. The summed E-state index contributed by atoms with van der Waals surface area (Å²) in [5, 5.41) is 11.2. The smallest absolute Gasteiger partial charge is 0.330 e. The highest BCUT2D eigenvalue weighted by molar-refractivity contribution is 7.53. The molecule has 0 aliphatic heterocycles. The summed E-state index contributed by atoms with van der Waals surface area (Å²) in [6, 6.07) is 4.31. The van der Waals surface area contributed by atoms with Gasteiger partial charge in [-0.3, -0.25) is 4.57 Å². The lowest BCUT2D eigenvalue weighted by Crippen LogP contribution is -2.18. The summed E-state index contributed by atoms with van der Waals surface area (Å²) in [6.07, 6.45) is 44.8. The third-order valence-corrected chi connectivity index (χ3v) is 14.3. The van der Waals surface area contributed by atoms with Gasteiger partial charge in [-0.05, 0) is 53.2 Å². The molecule has 0 bridgehead atoms. The normalized spacial score (nSPS) is 12.6. The molecule has 0 amide bonds. The zero-order valence-corrected chi connectivity index (χ0v) is 41.3. The third-order valence-electron chi connectivity index (χ3n) is 12.3. The Labute approximate surface area is 363 Å². The highest BCUT2D eigenvalue weighted by Gasteiger charge is 2.28. The Morgan fingerprint density at radius 2 is 0.690 bits per heavy atom. The lowest BCUT2D eigenvalue weighted by atomic mass is 9.78. The topological polar surface area (TPSA) is 55.8 Å². The third kappa shape index (κ3) is 29.4. The van der Waals surface area contributed by atoms with Crippen LogP contribution < -0.4 is 0 Å². The predicted octanol–water partition coefficient (Wildman–Crippen LogP) is 18.7. The minimum absolute atomic E-state index is 0.165. The first-order valence-electron chi connectivity index (χ1n) is 25.6. The van der Waals surface area contributed by atoms with Crippen LogP contribution in [-0.2, 0) is 30.9 Å². The number of benzene rings is 1. The van der Waals surface area contributed by atoms with Gasteiger partial charge in [0.05, 0.1) is 19.4 Å². The van der Waals surface area contributed by atoms with Gasteiger partial charge in [0.2, 0.25) is 0 Å². The minimum atomic E-state index is -3.18. The number of aryl methyl sites for hydroxylation is 1. The molecule has 0 spiro atoms. The van der Waals surface area contributed by atoms with Crippen molar-refractivity contribution in [2.45, 2.75) is 285 Å². The Morgan fingerprint density at radius 1 is 0.431 bits per heavy atom. The van der Waals surface area contributed by atoms with Gasteiger partial charge in [0.25, 0.3) is 0 Å². The first kappa shape index (κ1) is 55.2. The summed E-state index contributed by atoms with van der Waals surface area (Å²) in [7, 11) is -3.18. The number of hydrogen-bond acceptors (Lipinski definition) is 4. The average molecular weight is 833 g/mol. The van der Waals surface area contributed by atoms with E-state index in [1.807, 2.05) is 0 Å². The summed E-state index contributed by atoms with van der Waals surface area (Å²) in [4.78, 5) is 0. The Morgan fingerprint density at radius 3 is 0.948 bits per heavy atom. The van der Waals surface area contributed by atoms with E-state index in [4.69, 9.17) is 9.05 Å². The van der Waals surface area contributed by atoms with Crippen LogP contribution in [0.25, 0.3) is 0 Å². The van der Waals surface area contributed by atoms with Gasteiger partial charge in [0.15, 0.2) is 0 Å². The van der Waals surface area contributed by atoms with E-state index in [1.165, 1.54) is 185 Å². The van der Waals surface area contributed by atoms with Gasteiger partial charge in [0.1, 0.15) is 5.75 Å². The van der Waals surface area contributed by atoms with Gasteiger partial charge in [-0.1, -0.05) is 260 Å². The lowest BCUT2D eigenvalue weighted by molar-refractivity contribution is 0.197. The van der Waals surface area contributed by atoms with Crippen molar-refractivity contribution in [3.05, 3.63) is 28.8 Å². The van der Waals surface area contributed by atoms with Crippen molar-refractivity contribution in [2.24, 2.45) is 0 Å². The molecule has 1 N–H and O–H groups in total. The fourth-order valence-corrected chi connectivity index (χ4v) is 10.0. The van der Waals surface area contributed by atoms with Crippen LogP contribution in [0.1, 0.15) is 284 Å². The quantitative estimate of drug-likeness (QED) is 0.0529. The van der Waals surface area contributed by atoms with Crippen LogP contribution in [0.3, 0.4) is 0 Å². The molecular weight excluding hydrogens is 732 g/mol. The molecule has 0 heterocycles. The van der Waals surface area contributed by atoms with E-state index in [9.17, 15) is 9.67 Å². The van der Waals surface area contributed by atoms with Gasteiger partial charge >= 0.3 is 7.60 Å². The molecule has 1 rings (SSSR count). The van der Waals surface area contributed by atoms with Crippen molar-refractivity contribution in [3.8, 4) is 5.75 Å². The summed E-state index contributed by atoms with van der Waals surface area (Å²) >= 11 is 0.